The second kappa shape index (κ2) is 6.14. The van der Waals surface area contributed by atoms with Crippen molar-refractivity contribution in [3.05, 3.63) is 50.4 Å². The van der Waals surface area contributed by atoms with Crippen LogP contribution in [-0.2, 0) is 10.0 Å². The van der Waals surface area contributed by atoms with Crippen LogP contribution in [0, 0.1) is 6.92 Å². The fourth-order valence-corrected chi connectivity index (χ4v) is 3.78. The van der Waals surface area contributed by atoms with E-state index in [-0.39, 0.29) is 16.4 Å². The minimum Gasteiger partial charge on any atom is -0.454 e. The fraction of sp³-hybridized carbons (Fsp3) is 0.0769. The van der Waals surface area contributed by atoms with Gasteiger partial charge in [-0.2, -0.15) is 0 Å². The quantitative estimate of drug-likeness (QED) is 0.809. The topological polar surface area (TPSA) is 69.4 Å². The van der Waals surface area contributed by atoms with Gasteiger partial charge in [0.05, 0.1) is 14.9 Å². The maximum atomic E-state index is 11.5. The number of aryl methyl sites for hydroxylation is 1. The van der Waals surface area contributed by atoms with Crippen molar-refractivity contribution < 1.29 is 13.2 Å². The highest BCUT2D eigenvalue weighted by atomic mass is 79.9. The van der Waals surface area contributed by atoms with Crippen LogP contribution < -0.4 is 9.88 Å². The molecular formula is C13H10BrCl2NO3S. The Kier molecular flexibility index (Phi) is 4.85. The Labute approximate surface area is 141 Å². The Bertz CT molecular complexity index is 786. The standard InChI is InChI=1S/C13H10BrCl2NO3S/c1-7-2-3-9(6-12(7)21(17,18)19)20-13-10(15)4-8(14)5-11(13)16/h2-6H,1H3,(H2,17,18,19). The smallest absolute Gasteiger partial charge is 0.238 e. The molecule has 0 bridgehead atoms. The highest BCUT2D eigenvalue weighted by molar-refractivity contribution is 9.10. The lowest BCUT2D eigenvalue weighted by Crippen LogP contribution is -2.13. The van der Waals surface area contributed by atoms with E-state index in [2.05, 4.69) is 15.9 Å². The molecule has 0 radical (unpaired) electrons. The van der Waals surface area contributed by atoms with Crippen molar-refractivity contribution in [1.29, 1.82) is 0 Å². The molecule has 0 heterocycles. The molecular weight excluding hydrogens is 401 g/mol. The van der Waals surface area contributed by atoms with Gasteiger partial charge >= 0.3 is 0 Å². The van der Waals surface area contributed by atoms with Crippen LogP contribution in [0.1, 0.15) is 5.56 Å². The van der Waals surface area contributed by atoms with Gasteiger partial charge < -0.3 is 4.74 Å². The van der Waals surface area contributed by atoms with Crippen molar-refractivity contribution >= 4 is 49.2 Å². The molecule has 0 saturated heterocycles. The lowest BCUT2D eigenvalue weighted by Gasteiger charge is -2.12. The predicted molar refractivity (Wildman–Crippen MR) is 86.8 cm³/mol. The van der Waals surface area contributed by atoms with Gasteiger partial charge in [0.25, 0.3) is 0 Å². The first-order valence-corrected chi connectivity index (χ1v) is 8.74. The van der Waals surface area contributed by atoms with Crippen molar-refractivity contribution in [2.45, 2.75) is 11.8 Å². The molecule has 2 N–H and O–H groups in total. The van der Waals surface area contributed by atoms with E-state index in [0.29, 0.717) is 20.1 Å². The number of primary sulfonamides is 1. The van der Waals surface area contributed by atoms with E-state index in [0.717, 1.165) is 0 Å². The number of halogens is 3. The molecule has 0 unspecified atom stereocenters. The average Bonchev–Trinajstić information content (AvgIpc) is 2.34. The van der Waals surface area contributed by atoms with Gasteiger partial charge in [-0.1, -0.05) is 45.2 Å². The van der Waals surface area contributed by atoms with Gasteiger partial charge in [-0.15, -0.1) is 0 Å². The third-order valence-corrected chi connectivity index (χ3v) is 4.72. The van der Waals surface area contributed by atoms with E-state index in [1.807, 2.05) is 0 Å². The monoisotopic (exact) mass is 409 g/mol. The number of hydrogen-bond donors (Lipinski definition) is 1. The molecule has 21 heavy (non-hydrogen) atoms. The second-order valence-electron chi connectivity index (χ2n) is 4.27. The molecule has 112 valence electrons. The van der Waals surface area contributed by atoms with Crippen LogP contribution >= 0.6 is 39.1 Å². The highest BCUT2D eigenvalue weighted by Gasteiger charge is 2.15. The zero-order chi connectivity index (χ0) is 15.8. The molecule has 0 aliphatic carbocycles. The van der Waals surface area contributed by atoms with Crippen LogP contribution in [-0.4, -0.2) is 8.42 Å². The molecule has 0 spiro atoms. The molecule has 0 aliphatic heterocycles. The van der Waals surface area contributed by atoms with Gasteiger partial charge in [-0.3, -0.25) is 0 Å². The molecule has 2 aromatic rings. The minimum atomic E-state index is -3.83. The maximum Gasteiger partial charge on any atom is 0.238 e. The Morgan fingerprint density at radius 2 is 1.71 bits per heavy atom. The van der Waals surface area contributed by atoms with E-state index in [4.69, 9.17) is 33.1 Å². The maximum absolute atomic E-state index is 11.5. The van der Waals surface area contributed by atoms with Crippen LogP contribution in [0.3, 0.4) is 0 Å². The molecule has 0 fully saturated rings. The Morgan fingerprint density at radius 3 is 2.24 bits per heavy atom. The van der Waals surface area contributed by atoms with Crippen LogP contribution in [0.2, 0.25) is 10.0 Å². The van der Waals surface area contributed by atoms with Gasteiger partial charge in [-0.05, 0) is 30.7 Å². The average molecular weight is 411 g/mol. The summed E-state index contributed by atoms with van der Waals surface area (Å²) in [4.78, 5) is -0.00986. The van der Waals surface area contributed by atoms with Crippen LogP contribution in [0.15, 0.2) is 39.7 Å². The number of sulfonamides is 1. The molecule has 2 aromatic carbocycles. The molecule has 8 heteroatoms. The zero-order valence-electron chi connectivity index (χ0n) is 10.7. The summed E-state index contributed by atoms with van der Waals surface area (Å²) < 4.78 is 29.3. The minimum absolute atomic E-state index is 0.00986. The van der Waals surface area contributed by atoms with Crippen LogP contribution in [0.25, 0.3) is 0 Å². The second-order valence-corrected chi connectivity index (χ2v) is 7.53. The van der Waals surface area contributed by atoms with Gasteiger partial charge in [0.1, 0.15) is 5.75 Å². The number of nitrogens with two attached hydrogens (primary N) is 1. The van der Waals surface area contributed by atoms with Crippen molar-refractivity contribution in [1.82, 2.24) is 0 Å². The third kappa shape index (κ3) is 3.90. The number of ether oxygens (including phenoxy) is 1. The van der Waals surface area contributed by atoms with Crippen molar-refractivity contribution in [2.24, 2.45) is 5.14 Å². The van der Waals surface area contributed by atoms with Crippen molar-refractivity contribution in [2.75, 3.05) is 0 Å². The van der Waals surface area contributed by atoms with E-state index in [9.17, 15) is 8.42 Å². The van der Waals surface area contributed by atoms with E-state index in [1.54, 1.807) is 31.2 Å². The zero-order valence-corrected chi connectivity index (χ0v) is 14.6. The van der Waals surface area contributed by atoms with E-state index in [1.165, 1.54) is 6.07 Å². The largest absolute Gasteiger partial charge is 0.454 e. The Balaban J connectivity index is 2.47. The molecule has 0 saturated carbocycles. The van der Waals surface area contributed by atoms with E-state index >= 15 is 0 Å². The molecule has 0 amide bonds. The van der Waals surface area contributed by atoms with Gasteiger partial charge in [0, 0.05) is 10.5 Å². The summed E-state index contributed by atoms with van der Waals surface area (Å²) >= 11 is 15.4. The molecule has 0 aliphatic rings. The normalized spacial score (nSPS) is 11.5. The molecule has 4 nitrogen and oxygen atoms in total. The molecule has 0 aromatic heterocycles. The van der Waals surface area contributed by atoms with Gasteiger partial charge in [0.15, 0.2) is 5.75 Å². The van der Waals surface area contributed by atoms with Gasteiger partial charge in [0.2, 0.25) is 10.0 Å². The Hall–Kier alpha value is -0.790. The number of benzene rings is 2. The summed E-state index contributed by atoms with van der Waals surface area (Å²) in [6.07, 6.45) is 0. The first kappa shape index (κ1) is 16.6. The first-order chi connectivity index (χ1) is 9.68. The summed E-state index contributed by atoms with van der Waals surface area (Å²) in [6.45, 7) is 1.64. The summed E-state index contributed by atoms with van der Waals surface area (Å²) in [5, 5.41) is 5.75. The fourth-order valence-electron chi connectivity index (χ4n) is 1.69. The van der Waals surface area contributed by atoms with E-state index < -0.39 is 10.0 Å². The lowest BCUT2D eigenvalue weighted by molar-refractivity contribution is 0.481. The SMILES string of the molecule is Cc1ccc(Oc2c(Cl)cc(Br)cc2Cl)cc1S(N)(=O)=O. The third-order valence-electron chi connectivity index (χ3n) is 2.65. The summed E-state index contributed by atoms with van der Waals surface area (Å²) in [7, 11) is -3.83. The number of hydrogen-bond acceptors (Lipinski definition) is 3. The predicted octanol–water partition coefficient (Wildman–Crippen LogP) is 4.50. The van der Waals surface area contributed by atoms with Crippen LogP contribution in [0.4, 0.5) is 0 Å². The summed E-state index contributed by atoms with van der Waals surface area (Å²) in [5.41, 5.74) is 0.526. The summed E-state index contributed by atoms with van der Waals surface area (Å²) in [5.74, 6) is 0.515. The molecule has 0 atom stereocenters. The lowest BCUT2D eigenvalue weighted by atomic mass is 10.2. The van der Waals surface area contributed by atoms with Crippen molar-refractivity contribution in [3.8, 4) is 11.5 Å². The van der Waals surface area contributed by atoms with Crippen molar-refractivity contribution in [3.63, 3.8) is 0 Å². The first-order valence-electron chi connectivity index (χ1n) is 5.64. The van der Waals surface area contributed by atoms with Crippen LogP contribution in [0.5, 0.6) is 11.5 Å². The molecule has 2 rings (SSSR count). The summed E-state index contributed by atoms with van der Waals surface area (Å²) in [6, 6.07) is 7.78. The highest BCUT2D eigenvalue weighted by Crippen LogP contribution is 2.39. The Morgan fingerprint density at radius 1 is 1.14 bits per heavy atom. The number of rotatable bonds is 3. The van der Waals surface area contributed by atoms with Gasteiger partial charge in [-0.25, -0.2) is 13.6 Å².